The molecule has 2 aliphatic rings. The summed E-state index contributed by atoms with van der Waals surface area (Å²) in [5.41, 5.74) is 1.28. The van der Waals surface area contributed by atoms with Crippen LogP contribution in [0, 0.1) is 0 Å². The summed E-state index contributed by atoms with van der Waals surface area (Å²) in [6.07, 6.45) is 1.25. The molecule has 1 saturated heterocycles. The topological polar surface area (TPSA) is 89.5 Å². The minimum atomic E-state index is -0.771. The van der Waals surface area contributed by atoms with Gasteiger partial charge in [0.15, 0.2) is 6.29 Å². The van der Waals surface area contributed by atoms with Gasteiger partial charge in [0.1, 0.15) is 24.1 Å². The van der Waals surface area contributed by atoms with Crippen molar-refractivity contribution >= 4 is 11.9 Å². The molecule has 5 atom stereocenters. The summed E-state index contributed by atoms with van der Waals surface area (Å²) in [6.45, 7) is 0.256. The predicted octanol–water partition coefficient (Wildman–Crippen LogP) is 3.61. The highest BCUT2D eigenvalue weighted by Gasteiger charge is 2.39. The first-order valence-corrected chi connectivity index (χ1v) is 11.1. The zero-order chi connectivity index (χ0) is 23.9. The van der Waals surface area contributed by atoms with Crippen LogP contribution in [0.15, 0.2) is 66.7 Å². The smallest absolute Gasteiger partial charge is 0.338 e. The van der Waals surface area contributed by atoms with Crippen molar-refractivity contribution in [2.75, 3.05) is 20.8 Å². The molecular formula is C26H28O8. The Hall–Kier alpha value is -3.20. The molecule has 4 rings (SSSR count). The van der Waals surface area contributed by atoms with E-state index in [0.29, 0.717) is 12.0 Å². The lowest BCUT2D eigenvalue weighted by molar-refractivity contribution is -0.276. The minimum absolute atomic E-state index is 0.0846. The fraction of sp³-hybridized carbons (Fsp3) is 0.385. The molecule has 1 fully saturated rings. The Balaban J connectivity index is 1.49. The average Bonchev–Trinajstić information content (AvgIpc) is 2.87. The molecule has 0 saturated carbocycles. The fourth-order valence-corrected chi connectivity index (χ4v) is 3.91. The van der Waals surface area contributed by atoms with Gasteiger partial charge in [-0.05, 0) is 36.8 Å². The third-order valence-electron chi connectivity index (χ3n) is 5.77. The standard InChI is InChI=1S/C26H28O8/c1-29-19-13-11-18(12-14-19)26-31-16-23-21(34-26)10-6-9-20(22(32-23)15-24(27)30-2)33-25(28)17-7-4-3-5-8-17/h3-9,11-14,20-23,26H,10,15-16H2,1-2H3/b9-6-/t20-,21+,22+,23-,26-/m1/s1. The number of rotatable bonds is 6. The molecule has 8 nitrogen and oxygen atoms in total. The molecule has 0 aliphatic carbocycles. The highest BCUT2D eigenvalue weighted by Crippen LogP contribution is 2.33. The van der Waals surface area contributed by atoms with Crippen LogP contribution < -0.4 is 4.74 Å². The van der Waals surface area contributed by atoms with E-state index < -0.39 is 36.5 Å². The normalized spacial score (nSPS) is 27.4. The summed E-state index contributed by atoms with van der Waals surface area (Å²) in [6, 6.07) is 16.2. The van der Waals surface area contributed by atoms with Crippen molar-refractivity contribution < 1.29 is 38.0 Å². The van der Waals surface area contributed by atoms with Crippen LogP contribution in [0.1, 0.15) is 35.1 Å². The number of ether oxygens (including phenoxy) is 6. The minimum Gasteiger partial charge on any atom is -0.497 e. The van der Waals surface area contributed by atoms with Gasteiger partial charge >= 0.3 is 11.9 Å². The van der Waals surface area contributed by atoms with E-state index in [4.69, 9.17) is 28.4 Å². The van der Waals surface area contributed by atoms with Gasteiger partial charge < -0.3 is 28.4 Å². The van der Waals surface area contributed by atoms with Gasteiger partial charge in [0.2, 0.25) is 0 Å². The number of fused-ring (bicyclic) bond motifs is 1. The monoisotopic (exact) mass is 468 g/mol. The zero-order valence-electron chi connectivity index (χ0n) is 19.1. The maximum Gasteiger partial charge on any atom is 0.338 e. The maximum absolute atomic E-state index is 12.7. The molecule has 34 heavy (non-hydrogen) atoms. The van der Waals surface area contributed by atoms with Crippen LogP contribution in [0.25, 0.3) is 0 Å². The molecule has 0 unspecified atom stereocenters. The highest BCUT2D eigenvalue weighted by molar-refractivity contribution is 5.89. The Morgan fingerprint density at radius 2 is 1.74 bits per heavy atom. The summed E-state index contributed by atoms with van der Waals surface area (Å²) >= 11 is 0. The number of methoxy groups -OCH3 is 2. The second-order valence-electron chi connectivity index (χ2n) is 8.01. The van der Waals surface area contributed by atoms with E-state index in [9.17, 15) is 9.59 Å². The van der Waals surface area contributed by atoms with E-state index in [2.05, 4.69) is 0 Å². The lowest BCUT2D eigenvalue weighted by Crippen LogP contribution is -2.48. The molecule has 0 amide bonds. The van der Waals surface area contributed by atoms with Crippen molar-refractivity contribution in [3.05, 3.63) is 77.9 Å². The van der Waals surface area contributed by atoms with Crippen LogP contribution in [0.4, 0.5) is 0 Å². The molecule has 2 aromatic carbocycles. The van der Waals surface area contributed by atoms with Crippen LogP contribution in [0.3, 0.4) is 0 Å². The number of hydrogen-bond acceptors (Lipinski definition) is 8. The van der Waals surface area contributed by atoms with Crippen molar-refractivity contribution in [2.24, 2.45) is 0 Å². The molecule has 0 N–H and O–H groups in total. The number of benzene rings is 2. The molecule has 2 aromatic rings. The third kappa shape index (κ3) is 5.83. The number of esters is 2. The van der Waals surface area contributed by atoms with Crippen LogP contribution in [-0.2, 0) is 28.5 Å². The highest BCUT2D eigenvalue weighted by atomic mass is 16.7. The first-order chi connectivity index (χ1) is 16.6. The van der Waals surface area contributed by atoms with Crippen molar-refractivity contribution in [2.45, 2.75) is 43.5 Å². The first-order valence-electron chi connectivity index (χ1n) is 11.1. The quantitative estimate of drug-likeness (QED) is 0.469. The van der Waals surface area contributed by atoms with Crippen LogP contribution in [0.5, 0.6) is 5.75 Å². The molecular weight excluding hydrogens is 440 g/mol. The lowest BCUT2D eigenvalue weighted by Gasteiger charge is -2.40. The van der Waals surface area contributed by atoms with Gasteiger partial charge in [-0.25, -0.2) is 4.79 Å². The van der Waals surface area contributed by atoms with Crippen LogP contribution in [-0.4, -0.2) is 57.2 Å². The summed E-state index contributed by atoms with van der Waals surface area (Å²) in [4.78, 5) is 24.7. The van der Waals surface area contributed by atoms with Gasteiger partial charge in [-0.2, -0.15) is 0 Å². The Kier molecular flexibility index (Phi) is 7.95. The summed E-state index contributed by atoms with van der Waals surface area (Å²) < 4.78 is 34.1. The molecule has 0 aromatic heterocycles. The van der Waals surface area contributed by atoms with Gasteiger partial charge in [-0.3, -0.25) is 4.79 Å². The van der Waals surface area contributed by atoms with E-state index in [-0.39, 0.29) is 19.1 Å². The van der Waals surface area contributed by atoms with Crippen molar-refractivity contribution in [3.8, 4) is 5.75 Å². The lowest BCUT2D eigenvalue weighted by atomic mass is 10.0. The predicted molar refractivity (Wildman–Crippen MR) is 121 cm³/mol. The third-order valence-corrected chi connectivity index (χ3v) is 5.77. The fourth-order valence-electron chi connectivity index (χ4n) is 3.91. The number of carbonyl (C=O) groups excluding carboxylic acids is 2. The summed E-state index contributed by atoms with van der Waals surface area (Å²) in [5.74, 6) is -0.219. The van der Waals surface area contributed by atoms with E-state index in [0.717, 1.165) is 11.3 Å². The molecule has 0 radical (unpaired) electrons. The van der Waals surface area contributed by atoms with E-state index in [1.807, 2.05) is 36.4 Å². The van der Waals surface area contributed by atoms with Gasteiger partial charge in [0.25, 0.3) is 0 Å². The number of carbonyl (C=O) groups is 2. The first kappa shape index (κ1) is 23.9. The Labute approximate surface area is 198 Å². The summed E-state index contributed by atoms with van der Waals surface area (Å²) in [5, 5.41) is 0. The average molecular weight is 469 g/mol. The van der Waals surface area contributed by atoms with Crippen molar-refractivity contribution in [3.63, 3.8) is 0 Å². The Bertz CT molecular complexity index is 988. The van der Waals surface area contributed by atoms with Gasteiger partial charge in [0.05, 0.1) is 38.9 Å². The van der Waals surface area contributed by atoms with Gasteiger partial charge in [0, 0.05) is 5.56 Å². The SMILES string of the molecule is COC(=O)C[C@@H]1O[C@@H]2CO[C@@H](c3ccc(OC)cc3)O[C@H]2C/C=C\[C@H]1OC(=O)c1ccccc1. The molecule has 8 heteroatoms. The van der Waals surface area contributed by atoms with Crippen LogP contribution >= 0.6 is 0 Å². The molecule has 180 valence electrons. The zero-order valence-corrected chi connectivity index (χ0v) is 19.1. The van der Waals surface area contributed by atoms with Crippen molar-refractivity contribution in [1.82, 2.24) is 0 Å². The Morgan fingerprint density at radius 1 is 0.971 bits per heavy atom. The van der Waals surface area contributed by atoms with E-state index in [1.165, 1.54) is 7.11 Å². The molecule has 0 bridgehead atoms. The maximum atomic E-state index is 12.7. The van der Waals surface area contributed by atoms with E-state index >= 15 is 0 Å². The molecule has 2 heterocycles. The molecule has 0 spiro atoms. The Morgan fingerprint density at radius 3 is 2.44 bits per heavy atom. The second-order valence-corrected chi connectivity index (χ2v) is 8.01. The number of hydrogen-bond donors (Lipinski definition) is 0. The molecule has 2 aliphatic heterocycles. The summed E-state index contributed by atoms with van der Waals surface area (Å²) in [7, 11) is 2.92. The largest absolute Gasteiger partial charge is 0.497 e. The van der Waals surface area contributed by atoms with Gasteiger partial charge in [-0.1, -0.05) is 36.4 Å². The van der Waals surface area contributed by atoms with Crippen molar-refractivity contribution in [1.29, 1.82) is 0 Å². The van der Waals surface area contributed by atoms with E-state index in [1.54, 1.807) is 37.5 Å². The van der Waals surface area contributed by atoms with Crippen LogP contribution in [0.2, 0.25) is 0 Å². The second kappa shape index (κ2) is 11.3. The van der Waals surface area contributed by atoms with Gasteiger partial charge in [-0.15, -0.1) is 0 Å².